The van der Waals surface area contributed by atoms with Gasteiger partial charge in [0.15, 0.2) is 0 Å². The molecule has 3 atom stereocenters. The first-order valence-electron chi connectivity index (χ1n) is 6.05. The molecule has 2 heteroatoms. The van der Waals surface area contributed by atoms with Crippen molar-refractivity contribution in [2.75, 3.05) is 7.11 Å². The minimum atomic E-state index is 0.194. The maximum absolute atomic E-state index is 5.94. The summed E-state index contributed by atoms with van der Waals surface area (Å²) >= 11 is 0. The topological polar surface area (TPSA) is 18.5 Å². The molecule has 2 heterocycles. The molecule has 3 fully saturated rings. The summed E-state index contributed by atoms with van der Waals surface area (Å²) in [6.07, 6.45) is 10.2. The zero-order chi connectivity index (χ0) is 9.60. The fourth-order valence-electron chi connectivity index (χ4n) is 3.89. The lowest BCUT2D eigenvalue weighted by atomic mass is 9.75. The van der Waals surface area contributed by atoms with Crippen LogP contribution in [0.2, 0.25) is 0 Å². The average molecular weight is 196 g/mol. The van der Waals surface area contributed by atoms with Crippen molar-refractivity contribution < 1.29 is 9.47 Å². The van der Waals surface area contributed by atoms with Gasteiger partial charge in [0.25, 0.3) is 0 Å². The summed E-state index contributed by atoms with van der Waals surface area (Å²) in [6, 6.07) is 0. The van der Waals surface area contributed by atoms with E-state index in [9.17, 15) is 0 Å². The molecule has 2 bridgehead atoms. The van der Waals surface area contributed by atoms with Crippen LogP contribution >= 0.6 is 0 Å². The highest BCUT2D eigenvalue weighted by molar-refractivity contribution is 5.02. The van der Waals surface area contributed by atoms with Crippen molar-refractivity contribution in [2.45, 2.75) is 62.8 Å². The Morgan fingerprint density at radius 3 is 2.50 bits per heavy atom. The molecule has 0 aromatic carbocycles. The van der Waals surface area contributed by atoms with Gasteiger partial charge in [-0.25, -0.2) is 0 Å². The first-order valence-corrected chi connectivity index (χ1v) is 6.05. The van der Waals surface area contributed by atoms with Crippen LogP contribution in [0.4, 0.5) is 0 Å². The number of hydrogen-bond donors (Lipinski definition) is 0. The second kappa shape index (κ2) is 3.21. The van der Waals surface area contributed by atoms with Gasteiger partial charge >= 0.3 is 0 Å². The molecule has 1 aliphatic carbocycles. The van der Waals surface area contributed by atoms with Gasteiger partial charge in [-0.1, -0.05) is 12.8 Å². The van der Waals surface area contributed by atoms with Crippen LogP contribution in [-0.4, -0.2) is 24.9 Å². The zero-order valence-electron chi connectivity index (χ0n) is 9.00. The standard InChI is InChI=1S/C12H20O2/c1-13-12(6-2-3-7-12)10-8-9-4-5-11(10)14-9/h9-11H,2-8H2,1H3. The Morgan fingerprint density at radius 1 is 1.21 bits per heavy atom. The fraction of sp³-hybridized carbons (Fsp3) is 1.00. The molecule has 0 aromatic rings. The van der Waals surface area contributed by atoms with Gasteiger partial charge in [0.2, 0.25) is 0 Å². The molecule has 3 unspecified atom stereocenters. The SMILES string of the molecule is COC1(C2CC3CCC2O3)CCCC1. The van der Waals surface area contributed by atoms with Gasteiger partial charge in [-0.05, 0) is 32.1 Å². The monoisotopic (exact) mass is 196 g/mol. The molecule has 0 aromatic heterocycles. The molecular weight excluding hydrogens is 176 g/mol. The van der Waals surface area contributed by atoms with Gasteiger partial charge in [-0.3, -0.25) is 0 Å². The predicted octanol–water partition coefficient (Wildman–Crippen LogP) is 2.51. The third-order valence-corrected chi connectivity index (χ3v) is 4.64. The summed E-state index contributed by atoms with van der Waals surface area (Å²) in [5.74, 6) is 0.703. The largest absolute Gasteiger partial charge is 0.378 e. The number of fused-ring (bicyclic) bond motifs is 2. The molecule has 80 valence electrons. The fourth-order valence-corrected chi connectivity index (χ4v) is 3.89. The van der Waals surface area contributed by atoms with E-state index in [-0.39, 0.29) is 5.60 Å². The van der Waals surface area contributed by atoms with E-state index in [4.69, 9.17) is 9.47 Å². The Hall–Kier alpha value is -0.0800. The number of methoxy groups -OCH3 is 1. The maximum Gasteiger partial charge on any atom is 0.0732 e. The molecule has 3 rings (SSSR count). The van der Waals surface area contributed by atoms with E-state index in [0.29, 0.717) is 18.1 Å². The molecule has 0 amide bonds. The van der Waals surface area contributed by atoms with E-state index in [2.05, 4.69) is 0 Å². The van der Waals surface area contributed by atoms with E-state index in [0.717, 1.165) is 0 Å². The lowest BCUT2D eigenvalue weighted by Crippen LogP contribution is -2.42. The Morgan fingerprint density at radius 2 is 2.00 bits per heavy atom. The molecule has 0 radical (unpaired) electrons. The molecular formula is C12H20O2. The van der Waals surface area contributed by atoms with Crippen LogP contribution in [-0.2, 0) is 9.47 Å². The predicted molar refractivity (Wildman–Crippen MR) is 54.2 cm³/mol. The lowest BCUT2D eigenvalue weighted by molar-refractivity contribution is -0.0733. The minimum absolute atomic E-state index is 0.194. The van der Waals surface area contributed by atoms with E-state index < -0.39 is 0 Å². The van der Waals surface area contributed by atoms with E-state index >= 15 is 0 Å². The van der Waals surface area contributed by atoms with Gasteiger partial charge in [-0.2, -0.15) is 0 Å². The van der Waals surface area contributed by atoms with Crippen LogP contribution in [0, 0.1) is 5.92 Å². The molecule has 2 nitrogen and oxygen atoms in total. The molecule has 0 N–H and O–H groups in total. The van der Waals surface area contributed by atoms with Crippen molar-refractivity contribution in [1.29, 1.82) is 0 Å². The summed E-state index contributed by atoms with van der Waals surface area (Å²) in [6.45, 7) is 0. The Balaban J connectivity index is 1.80. The first-order chi connectivity index (χ1) is 6.84. The second-order valence-electron chi connectivity index (χ2n) is 5.19. The Kier molecular flexibility index (Phi) is 2.10. The third-order valence-electron chi connectivity index (χ3n) is 4.64. The van der Waals surface area contributed by atoms with Crippen molar-refractivity contribution in [3.05, 3.63) is 0 Å². The third kappa shape index (κ3) is 1.17. The quantitative estimate of drug-likeness (QED) is 0.675. The van der Waals surface area contributed by atoms with Crippen molar-refractivity contribution in [2.24, 2.45) is 5.92 Å². The Labute approximate surface area is 86.0 Å². The molecule has 1 saturated carbocycles. The lowest BCUT2D eigenvalue weighted by Gasteiger charge is -2.37. The van der Waals surface area contributed by atoms with Gasteiger partial charge < -0.3 is 9.47 Å². The molecule has 2 saturated heterocycles. The highest BCUT2D eigenvalue weighted by Crippen LogP contribution is 2.50. The van der Waals surface area contributed by atoms with Crippen LogP contribution < -0.4 is 0 Å². The van der Waals surface area contributed by atoms with Gasteiger partial charge in [0, 0.05) is 13.0 Å². The molecule has 2 aliphatic heterocycles. The van der Waals surface area contributed by atoms with Crippen molar-refractivity contribution >= 4 is 0 Å². The van der Waals surface area contributed by atoms with E-state index in [1.54, 1.807) is 0 Å². The maximum atomic E-state index is 5.94. The number of ether oxygens (including phenoxy) is 2. The van der Waals surface area contributed by atoms with Crippen LogP contribution in [0.3, 0.4) is 0 Å². The Bertz CT molecular complexity index is 220. The summed E-state index contributed by atoms with van der Waals surface area (Å²) in [5, 5.41) is 0. The highest BCUT2D eigenvalue weighted by Gasteiger charge is 2.52. The highest BCUT2D eigenvalue weighted by atomic mass is 16.5. The number of hydrogen-bond acceptors (Lipinski definition) is 2. The smallest absolute Gasteiger partial charge is 0.0732 e. The van der Waals surface area contributed by atoms with E-state index in [1.165, 1.54) is 44.9 Å². The molecule has 3 aliphatic rings. The van der Waals surface area contributed by atoms with Crippen LogP contribution in [0.25, 0.3) is 0 Å². The van der Waals surface area contributed by atoms with Crippen LogP contribution in [0.15, 0.2) is 0 Å². The minimum Gasteiger partial charge on any atom is -0.378 e. The summed E-state index contributed by atoms with van der Waals surface area (Å²) < 4.78 is 11.8. The van der Waals surface area contributed by atoms with E-state index in [1.807, 2.05) is 7.11 Å². The zero-order valence-corrected chi connectivity index (χ0v) is 9.00. The van der Waals surface area contributed by atoms with Crippen molar-refractivity contribution in [3.63, 3.8) is 0 Å². The van der Waals surface area contributed by atoms with Crippen LogP contribution in [0.1, 0.15) is 44.9 Å². The second-order valence-corrected chi connectivity index (χ2v) is 5.19. The summed E-state index contributed by atoms with van der Waals surface area (Å²) in [5.41, 5.74) is 0.194. The first kappa shape index (κ1) is 9.17. The summed E-state index contributed by atoms with van der Waals surface area (Å²) in [4.78, 5) is 0. The van der Waals surface area contributed by atoms with Crippen molar-refractivity contribution in [3.8, 4) is 0 Å². The summed E-state index contributed by atoms with van der Waals surface area (Å²) in [7, 11) is 1.90. The normalized spacial score (nSPS) is 44.8. The van der Waals surface area contributed by atoms with Crippen LogP contribution in [0.5, 0.6) is 0 Å². The van der Waals surface area contributed by atoms with Gasteiger partial charge in [0.05, 0.1) is 17.8 Å². The molecule has 14 heavy (non-hydrogen) atoms. The number of rotatable bonds is 2. The molecule has 0 spiro atoms. The van der Waals surface area contributed by atoms with Gasteiger partial charge in [0.1, 0.15) is 0 Å². The van der Waals surface area contributed by atoms with Gasteiger partial charge in [-0.15, -0.1) is 0 Å². The average Bonchev–Trinajstić information content (AvgIpc) is 2.94. The van der Waals surface area contributed by atoms with Crippen molar-refractivity contribution in [1.82, 2.24) is 0 Å².